The summed E-state index contributed by atoms with van der Waals surface area (Å²) in [6.45, 7) is 0. The first kappa shape index (κ1) is 12.8. The van der Waals surface area contributed by atoms with Gasteiger partial charge in [0.2, 0.25) is 5.71 Å². The second-order valence-corrected chi connectivity index (χ2v) is 3.35. The number of nitrogens with one attached hydrogen (secondary N) is 2. The van der Waals surface area contributed by atoms with Crippen LogP contribution in [0.2, 0.25) is 5.02 Å². The number of nitriles is 1. The number of nitrogens with two attached hydrogens (primary N) is 1. The van der Waals surface area contributed by atoms with E-state index >= 15 is 0 Å². The molecule has 1 rings (SSSR count). The maximum Gasteiger partial charge on any atom is 0.201 e. The number of hydrazone groups is 1. The van der Waals surface area contributed by atoms with Crippen LogP contribution >= 0.6 is 11.6 Å². The first-order valence-electron chi connectivity index (χ1n) is 4.50. The third-order valence-electron chi connectivity index (χ3n) is 1.81. The molecule has 0 aromatic heterocycles. The Morgan fingerprint density at radius 2 is 2.35 bits per heavy atom. The third-order valence-corrected chi connectivity index (χ3v) is 2.10. The molecule has 0 fully saturated rings. The minimum Gasteiger partial charge on any atom is -0.495 e. The first-order chi connectivity index (χ1) is 8.08. The molecule has 88 valence electrons. The molecule has 1 aromatic carbocycles. The van der Waals surface area contributed by atoms with Gasteiger partial charge in [0.25, 0.3) is 0 Å². The van der Waals surface area contributed by atoms with Crippen LogP contribution in [0.4, 0.5) is 5.69 Å². The maximum atomic E-state index is 8.62. The second-order valence-electron chi connectivity index (χ2n) is 2.95. The summed E-state index contributed by atoms with van der Waals surface area (Å²) in [6, 6.07) is 6.59. The molecule has 1 aromatic rings. The molecule has 0 unspecified atom stereocenters. The van der Waals surface area contributed by atoms with E-state index in [-0.39, 0.29) is 5.71 Å². The van der Waals surface area contributed by atoms with E-state index in [2.05, 4.69) is 10.5 Å². The lowest BCUT2D eigenvalue weighted by molar-refractivity contribution is 0.415. The van der Waals surface area contributed by atoms with E-state index in [1.807, 2.05) is 0 Å². The highest BCUT2D eigenvalue weighted by atomic mass is 35.5. The number of ether oxygens (including phenoxy) is 1. The Hall–Kier alpha value is -2.26. The number of hydrogen-bond acceptors (Lipinski definition) is 5. The van der Waals surface area contributed by atoms with Crippen molar-refractivity contribution in [1.82, 2.24) is 0 Å². The van der Waals surface area contributed by atoms with Gasteiger partial charge in [-0.3, -0.25) is 10.8 Å². The van der Waals surface area contributed by atoms with Gasteiger partial charge in [0.05, 0.1) is 17.8 Å². The number of anilines is 1. The first-order valence-corrected chi connectivity index (χ1v) is 4.88. The SMILES string of the molecule is COc1ccc(N/N=C(\C#N)C(=N)N)cc1Cl. The molecule has 0 aliphatic heterocycles. The molecule has 0 saturated heterocycles. The van der Waals surface area contributed by atoms with Crippen molar-refractivity contribution >= 4 is 28.8 Å². The highest BCUT2D eigenvalue weighted by Gasteiger charge is 2.03. The normalized spacial score (nSPS) is 10.5. The van der Waals surface area contributed by atoms with E-state index in [9.17, 15) is 0 Å². The quantitative estimate of drug-likeness (QED) is 0.429. The van der Waals surface area contributed by atoms with Gasteiger partial charge in [0.1, 0.15) is 11.8 Å². The number of hydrogen-bond donors (Lipinski definition) is 3. The number of halogens is 1. The fourth-order valence-electron chi connectivity index (χ4n) is 1.00. The van der Waals surface area contributed by atoms with Crippen LogP contribution < -0.4 is 15.9 Å². The highest BCUT2D eigenvalue weighted by Crippen LogP contribution is 2.27. The van der Waals surface area contributed by atoms with Crippen LogP contribution in [0, 0.1) is 16.7 Å². The Kier molecular flexibility index (Phi) is 4.31. The van der Waals surface area contributed by atoms with Gasteiger partial charge in [-0.2, -0.15) is 10.4 Å². The topological polar surface area (TPSA) is 107 Å². The molecule has 0 aliphatic carbocycles. The average molecular weight is 252 g/mol. The van der Waals surface area contributed by atoms with Crippen molar-refractivity contribution in [2.24, 2.45) is 10.8 Å². The van der Waals surface area contributed by atoms with Crippen LogP contribution in [-0.2, 0) is 0 Å². The van der Waals surface area contributed by atoms with Crippen LogP contribution in [0.15, 0.2) is 23.3 Å². The molecule has 0 atom stereocenters. The van der Waals surface area contributed by atoms with Crippen molar-refractivity contribution in [3.63, 3.8) is 0 Å². The highest BCUT2D eigenvalue weighted by molar-refractivity contribution is 6.45. The molecule has 0 bridgehead atoms. The van der Waals surface area contributed by atoms with Crippen molar-refractivity contribution in [3.8, 4) is 11.8 Å². The van der Waals surface area contributed by atoms with Gasteiger partial charge in [-0.1, -0.05) is 11.6 Å². The molecule has 0 aliphatic rings. The van der Waals surface area contributed by atoms with Crippen molar-refractivity contribution in [2.75, 3.05) is 12.5 Å². The van der Waals surface area contributed by atoms with E-state index < -0.39 is 5.84 Å². The number of benzene rings is 1. The molecule has 4 N–H and O–H groups in total. The molecule has 0 radical (unpaired) electrons. The molecule has 0 saturated carbocycles. The van der Waals surface area contributed by atoms with Gasteiger partial charge in [-0.15, -0.1) is 0 Å². The van der Waals surface area contributed by atoms with Crippen LogP contribution in [0.3, 0.4) is 0 Å². The summed E-state index contributed by atoms with van der Waals surface area (Å²) in [5.74, 6) is 0.132. The zero-order valence-electron chi connectivity index (χ0n) is 8.99. The predicted molar refractivity (Wildman–Crippen MR) is 66.6 cm³/mol. The molecular formula is C10H10ClN5O. The fourth-order valence-corrected chi connectivity index (χ4v) is 1.26. The monoisotopic (exact) mass is 251 g/mol. The summed E-state index contributed by atoms with van der Waals surface area (Å²) in [6.07, 6.45) is 0. The van der Waals surface area contributed by atoms with Gasteiger partial charge in [-0.25, -0.2) is 0 Å². The smallest absolute Gasteiger partial charge is 0.201 e. The maximum absolute atomic E-state index is 8.62. The largest absolute Gasteiger partial charge is 0.495 e. The minimum atomic E-state index is -0.403. The van der Waals surface area contributed by atoms with Gasteiger partial charge in [0, 0.05) is 0 Å². The van der Waals surface area contributed by atoms with Crippen molar-refractivity contribution in [1.29, 1.82) is 10.7 Å². The number of amidine groups is 1. The van der Waals surface area contributed by atoms with E-state index in [0.717, 1.165) is 0 Å². The third kappa shape index (κ3) is 3.36. The summed E-state index contributed by atoms with van der Waals surface area (Å²) in [5.41, 5.74) is 8.07. The van der Waals surface area contributed by atoms with Gasteiger partial charge in [-0.05, 0) is 18.2 Å². The summed E-state index contributed by atoms with van der Waals surface area (Å²) in [4.78, 5) is 0. The lowest BCUT2D eigenvalue weighted by Crippen LogP contribution is -2.21. The number of methoxy groups -OCH3 is 1. The van der Waals surface area contributed by atoms with Crippen LogP contribution in [-0.4, -0.2) is 18.7 Å². The summed E-state index contributed by atoms with van der Waals surface area (Å²) < 4.78 is 4.98. The minimum absolute atomic E-state index is 0.197. The van der Waals surface area contributed by atoms with E-state index in [4.69, 9.17) is 32.7 Å². The van der Waals surface area contributed by atoms with Gasteiger partial charge < -0.3 is 10.5 Å². The number of rotatable bonds is 4. The van der Waals surface area contributed by atoms with Crippen molar-refractivity contribution < 1.29 is 4.74 Å². The van der Waals surface area contributed by atoms with E-state index in [0.29, 0.717) is 16.5 Å². The Bertz CT molecular complexity index is 506. The molecular weight excluding hydrogens is 242 g/mol. The van der Waals surface area contributed by atoms with E-state index in [1.165, 1.54) is 7.11 Å². The zero-order valence-corrected chi connectivity index (χ0v) is 9.75. The van der Waals surface area contributed by atoms with E-state index in [1.54, 1.807) is 24.3 Å². The molecule has 0 heterocycles. The lowest BCUT2D eigenvalue weighted by atomic mass is 10.3. The molecule has 17 heavy (non-hydrogen) atoms. The molecule has 7 heteroatoms. The fraction of sp³-hybridized carbons (Fsp3) is 0.100. The summed E-state index contributed by atoms with van der Waals surface area (Å²) in [7, 11) is 1.51. The Labute approximate surface area is 103 Å². The standard InChI is InChI=1S/C10H10ClN5O/c1-17-9-3-2-6(4-7(9)11)15-16-8(5-12)10(13)14/h2-4,15H,1H3,(H3,13,14)/b16-8+. The van der Waals surface area contributed by atoms with Crippen LogP contribution in [0.25, 0.3) is 0 Å². The predicted octanol–water partition coefficient (Wildman–Crippen LogP) is 1.58. The zero-order chi connectivity index (χ0) is 12.8. The van der Waals surface area contributed by atoms with Gasteiger partial charge in [0.15, 0.2) is 5.84 Å². The molecule has 0 spiro atoms. The lowest BCUT2D eigenvalue weighted by Gasteiger charge is -2.05. The Balaban J connectivity index is 2.87. The van der Waals surface area contributed by atoms with Crippen LogP contribution in [0.5, 0.6) is 5.75 Å². The summed E-state index contributed by atoms with van der Waals surface area (Å²) >= 11 is 5.90. The van der Waals surface area contributed by atoms with Crippen molar-refractivity contribution in [2.45, 2.75) is 0 Å². The van der Waals surface area contributed by atoms with Crippen molar-refractivity contribution in [3.05, 3.63) is 23.2 Å². The van der Waals surface area contributed by atoms with Gasteiger partial charge >= 0.3 is 0 Å². The Morgan fingerprint density at radius 3 is 2.82 bits per heavy atom. The molecule has 6 nitrogen and oxygen atoms in total. The van der Waals surface area contributed by atoms with Crippen LogP contribution in [0.1, 0.15) is 0 Å². The second kappa shape index (κ2) is 5.72. The average Bonchev–Trinajstić information content (AvgIpc) is 2.29. The summed E-state index contributed by atoms with van der Waals surface area (Å²) in [5, 5.41) is 19.8. The molecule has 0 amide bonds. The number of nitrogens with zero attached hydrogens (tertiary/aromatic N) is 2. The Morgan fingerprint density at radius 1 is 1.65 bits per heavy atom.